The summed E-state index contributed by atoms with van der Waals surface area (Å²) in [5, 5.41) is 13.3. The molecule has 0 bridgehead atoms. The molecule has 154 valence electrons. The second-order valence-corrected chi connectivity index (χ2v) is 8.35. The van der Waals surface area contributed by atoms with Gasteiger partial charge < -0.3 is 15.2 Å². The molecule has 1 aromatic heterocycles. The van der Waals surface area contributed by atoms with E-state index in [9.17, 15) is 9.90 Å². The van der Waals surface area contributed by atoms with Gasteiger partial charge in [-0.2, -0.15) is 0 Å². The fraction of sp³-hybridized carbons (Fsp3) is 0.500. The molecule has 2 aliphatic rings. The highest BCUT2D eigenvalue weighted by Gasteiger charge is 2.35. The van der Waals surface area contributed by atoms with E-state index in [1.54, 1.807) is 27.2 Å². The molecular weight excluding hydrogens is 368 g/mol. The summed E-state index contributed by atoms with van der Waals surface area (Å²) in [5.41, 5.74) is 1.54. The minimum atomic E-state index is -0.895. The van der Waals surface area contributed by atoms with Gasteiger partial charge in [0.05, 0.1) is 30.1 Å². The number of nitrogens with zero attached hydrogens (tertiary/aromatic N) is 3. The van der Waals surface area contributed by atoms with E-state index in [1.807, 2.05) is 29.2 Å². The summed E-state index contributed by atoms with van der Waals surface area (Å²) < 4.78 is 5.47. The van der Waals surface area contributed by atoms with Crippen LogP contribution in [0.5, 0.6) is 0 Å². The zero-order valence-corrected chi connectivity index (χ0v) is 17.2. The third-order valence-electron chi connectivity index (χ3n) is 5.89. The number of anilines is 2. The summed E-state index contributed by atoms with van der Waals surface area (Å²) in [7, 11) is 1.75. The lowest BCUT2D eigenvalue weighted by atomic mass is 9.91. The molecule has 1 amide bonds. The molecule has 7 heteroatoms. The maximum atomic E-state index is 12.7. The maximum absolute atomic E-state index is 12.7. The van der Waals surface area contributed by atoms with E-state index in [1.165, 1.54) is 0 Å². The molecule has 1 fully saturated rings. The highest BCUT2D eigenvalue weighted by molar-refractivity contribution is 6.01. The van der Waals surface area contributed by atoms with Gasteiger partial charge in [0, 0.05) is 18.7 Å². The second kappa shape index (κ2) is 7.72. The van der Waals surface area contributed by atoms with Crippen LogP contribution in [0.1, 0.15) is 45.1 Å². The summed E-state index contributed by atoms with van der Waals surface area (Å²) in [6.07, 6.45) is 5.68. The van der Waals surface area contributed by atoms with Crippen molar-refractivity contribution >= 4 is 17.5 Å². The molecule has 1 aliphatic carbocycles. The van der Waals surface area contributed by atoms with E-state index in [0.29, 0.717) is 17.3 Å². The summed E-state index contributed by atoms with van der Waals surface area (Å²) in [5.74, 6) is 1.28. The lowest BCUT2D eigenvalue weighted by Gasteiger charge is -2.38. The number of carbonyl (C=O) groups is 1. The molecule has 1 aromatic carbocycles. The zero-order valence-electron chi connectivity index (χ0n) is 17.2. The standard InChI is InChI=1S/C22H28N4O3/c1-22(2,28)15-6-4-14(5-7-15)18-12-23-20-21(25-18)26(19(27)13-24-20)16-8-10-17(29-3)11-9-16/h4-7,12,16-17,28H,8-11,13H2,1-3H3,(H,23,24)/t16-,17+. The Labute approximate surface area is 171 Å². The molecule has 0 saturated heterocycles. The quantitative estimate of drug-likeness (QED) is 0.826. The third-order valence-corrected chi connectivity index (χ3v) is 5.89. The molecule has 0 atom stereocenters. The van der Waals surface area contributed by atoms with Crippen LogP contribution in [0, 0.1) is 0 Å². The maximum Gasteiger partial charge on any atom is 0.247 e. The van der Waals surface area contributed by atoms with Crippen molar-refractivity contribution in [1.29, 1.82) is 0 Å². The van der Waals surface area contributed by atoms with Gasteiger partial charge in [-0.05, 0) is 45.1 Å². The molecular formula is C22H28N4O3. The molecule has 7 nitrogen and oxygen atoms in total. The van der Waals surface area contributed by atoms with E-state index in [-0.39, 0.29) is 24.6 Å². The Bertz CT molecular complexity index is 884. The van der Waals surface area contributed by atoms with Crippen LogP contribution in [-0.4, -0.2) is 46.8 Å². The minimum Gasteiger partial charge on any atom is -0.386 e. The number of hydrogen-bond acceptors (Lipinski definition) is 6. The SMILES string of the molecule is CO[C@H]1CC[C@@H](N2C(=O)CNc3ncc(-c4ccc(C(C)(C)O)cc4)nc32)CC1. The van der Waals surface area contributed by atoms with E-state index in [0.717, 1.165) is 36.8 Å². The van der Waals surface area contributed by atoms with Crippen molar-refractivity contribution in [2.45, 2.75) is 57.3 Å². The van der Waals surface area contributed by atoms with Gasteiger partial charge in [-0.1, -0.05) is 24.3 Å². The first-order valence-electron chi connectivity index (χ1n) is 10.2. The number of nitrogens with one attached hydrogen (secondary N) is 1. The van der Waals surface area contributed by atoms with E-state index < -0.39 is 5.60 Å². The summed E-state index contributed by atoms with van der Waals surface area (Å²) in [6, 6.07) is 7.76. The van der Waals surface area contributed by atoms with Crippen molar-refractivity contribution in [3.05, 3.63) is 36.0 Å². The van der Waals surface area contributed by atoms with Gasteiger partial charge in [-0.3, -0.25) is 9.69 Å². The van der Waals surface area contributed by atoms with Gasteiger partial charge >= 0.3 is 0 Å². The van der Waals surface area contributed by atoms with Crippen molar-refractivity contribution in [3.63, 3.8) is 0 Å². The summed E-state index contributed by atoms with van der Waals surface area (Å²) in [6.45, 7) is 3.76. The fourth-order valence-corrected chi connectivity index (χ4v) is 4.14. The van der Waals surface area contributed by atoms with Crippen LogP contribution in [0.2, 0.25) is 0 Å². The average Bonchev–Trinajstić information content (AvgIpc) is 2.73. The number of rotatable bonds is 4. The van der Waals surface area contributed by atoms with Crippen molar-refractivity contribution in [2.75, 3.05) is 23.9 Å². The van der Waals surface area contributed by atoms with Crippen LogP contribution in [-0.2, 0) is 15.1 Å². The number of methoxy groups -OCH3 is 1. The Morgan fingerprint density at radius 2 is 1.86 bits per heavy atom. The normalized spacial score (nSPS) is 22.2. The van der Waals surface area contributed by atoms with E-state index in [2.05, 4.69) is 10.3 Å². The van der Waals surface area contributed by atoms with Gasteiger partial charge in [-0.25, -0.2) is 9.97 Å². The van der Waals surface area contributed by atoms with Crippen molar-refractivity contribution < 1.29 is 14.6 Å². The highest BCUT2D eigenvalue weighted by atomic mass is 16.5. The van der Waals surface area contributed by atoms with Crippen LogP contribution in [0.4, 0.5) is 11.6 Å². The summed E-state index contributed by atoms with van der Waals surface area (Å²) >= 11 is 0. The van der Waals surface area contributed by atoms with Crippen LogP contribution in [0.15, 0.2) is 30.5 Å². The van der Waals surface area contributed by atoms with Crippen LogP contribution in [0.3, 0.4) is 0 Å². The number of aliphatic hydroxyl groups is 1. The zero-order chi connectivity index (χ0) is 20.6. The van der Waals surface area contributed by atoms with Crippen LogP contribution in [0.25, 0.3) is 11.3 Å². The Morgan fingerprint density at radius 3 is 2.48 bits per heavy atom. The predicted molar refractivity (Wildman–Crippen MR) is 112 cm³/mol. The van der Waals surface area contributed by atoms with Gasteiger partial charge in [-0.15, -0.1) is 0 Å². The third kappa shape index (κ3) is 3.97. The first kappa shape index (κ1) is 19.8. The average molecular weight is 396 g/mol. The number of hydrogen-bond donors (Lipinski definition) is 2. The number of amides is 1. The Hall–Kier alpha value is -2.51. The molecule has 2 N–H and O–H groups in total. The minimum absolute atomic E-state index is 0.0298. The largest absolute Gasteiger partial charge is 0.386 e. The fourth-order valence-electron chi connectivity index (χ4n) is 4.14. The van der Waals surface area contributed by atoms with Crippen LogP contribution < -0.4 is 10.2 Å². The first-order chi connectivity index (χ1) is 13.9. The smallest absolute Gasteiger partial charge is 0.247 e. The van der Waals surface area contributed by atoms with Gasteiger partial charge in [0.2, 0.25) is 5.91 Å². The molecule has 0 radical (unpaired) electrons. The van der Waals surface area contributed by atoms with E-state index >= 15 is 0 Å². The first-order valence-corrected chi connectivity index (χ1v) is 10.2. The number of aromatic nitrogens is 2. The monoisotopic (exact) mass is 396 g/mol. The summed E-state index contributed by atoms with van der Waals surface area (Å²) in [4.78, 5) is 23.9. The number of carbonyl (C=O) groups excluding carboxylic acids is 1. The van der Waals surface area contributed by atoms with Gasteiger partial charge in [0.1, 0.15) is 0 Å². The molecule has 0 spiro atoms. The predicted octanol–water partition coefficient (Wildman–Crippen LogP) is 3.09. The van der Waals surface area contributed by atoms with Gasteiger partial charge in [0.15, 0.2) is 11.6 Å². The highest BCUT2D eigenvalue weighted by Crippen LogP contribution is 2.35. The van der Waals surface area contributed by atoms with Crippen molar-refractivity contribution in [1.82, 2.24) is 9.97 Å². The topological polar surface area (TPSA) is 87.6 Å². The van der Waals surface area contributed by atoms with Crippen molar-refractivity contribution in [3.8, 4) is 11.3 Å². The molecule has 1 aliphatic heterocycles. The lowest BCUT2D eigenvalue weighted by molar-refractivity contribution is -0.118. The lowest BCUT2D eigenvalue weighted by Crippen LogP contribution is -2.49. The van der Waals surface area contributed by atoms with Crippen molar-refractivity contribution in [2.24, 2.45) is 0 Å². The van der Waals surface area contributed by atoms with Gasteiger partial charge in [0.25, 0.3) is 0 Å². The Kier molecular flexibility index (Phi) is 5.27. The van der Waals surface area contributed by atoms with Crippen LogP contribution >= 0.6 is 0 Å². The molecule has 1 saturated carbocycles. The molecule has 2 heterocycles. The molecule has 29 heavy (non-hydrogen) atoms. The Morgan fingerprint density at radius 1 is 1.17 bits per heavy atom. The second-order valence-electron chi connectivity index (χ2n) is 8.35. The molecule has 0 unspecified atom stereocenters. The molecule has 2 aromatic rings. The molecule has 4 rings (SSSR count). The Balaban J connectivity index is 1.64. The van der Waals surface area contributed by atoms with E-state index in [4.69, 9.17) is 9.72 Å². The number of benzene rings is 1. The number of ether oxygens (including phenoxy) is 1. The number of fused-ring (bicyclic) bond motifs is 1.